The molecule has 0 saturated heterocycles. The lowest BCUT2D eigenvalue weighted by atomic mass is 9.77. The summed E-state index contributed by atoms with van der Waals surface area (Å²) >= 11 is 0. The first-order valence-corrected chi connectivity index (χ1v) is 6.19. The number of ether oxygens (including phenoxy) is 2. The van der Waals surface area contributed by atoms with Crippen LogP contribution in [0.25, 0.3) is 0 Å². The highest BCUT2D eigenvalue weighted by Gasteiger charge is 2.14. The van der Waals surface area contributed by atoms with E-state index in [1.165, 1.54) is 0 Å². The molecule has 0 atom stereocenters. The van der Waals surface area contributed by atoms with Gasteiger partial charge in [0.15, 0.2) is 0 Å². The first-order chi connectivity index (χ1) is 9.60. The van der Waals surface area contributed by atoms with Crippen LogP contribution in [0.15, 0.2) is 36.4 Å². The third kappa shape index (κ3) is 3.49. The van der Waals surface area contributed by atoms with Crippen molar-refractivity contribution in [3.05, 3.63) is 47.7 Å². The minimum absolute atomic E-state index is 0.317. The van der Waals surface area contributed by atoms with Crippen LogP contribution in [0.3, 0.4) is 0 Å². The first kappa shape index (κ1) is 14.4. The second kappa shape index (κ2) is 6.41. The van der Waals surface area contributed by atoms with E-state index >= 15 is 0 Å². The van der Waals surface area contributed by atoms with Gasteiger partial charge in [0.1, 0.15) is 12.4 Å². The fourth-order valence-electron chi connectivity index (χ4n) is 1.84. The Bertz CT molecular complexity index is 589. The molecule has 6 heteroatoms. The second-order valence-electron chi connectivity index (χ2n) is 4.35. The van der Waals surface area contributed by atoms with Crippen molar-refractivity contribution in [3.8, 4) is 11.6 Å². The summed E-state index contributed by atoms with van der Waals surface area (Å²) in [4.78, 5) is 4.25. The van der Waals surface area contributed by atoms with Gasteiger partial charge < -0.3 is 19.5 Å². The summed E-state index contributed by atoms with van der Waals surface area (Å²) in [5.41, 5.74) is 1.99. The van der Waals surface area contributed by atoms with E-state index in [4.69, 9.17) is 19.5 Å². The number of aryl methyl sites for hydroxylation is 1. The van der Waals surface area contributed by atoms with Gasteiger partial charge in [-0.1, -0.05) is 12.1 Å². The van der Waals surface area contributed by atoms with Gasteiger partial charge in [0.2, 0.25) is 5.88 Å². The quantitative estimate of drug-likeness (QED) is 0.783. The standard InChI is InChI=1S/C14H16BNO4/c1-10-8-12(6-7-13(10)15(17)18)20-9-11-4-3-5-14(16-11)19-2/h3-8,17-18H,9H2,1-2H3. The van der Waals surface area contributed by atoms with E-state index in [-0.39, 0.29) is 0 Å². The highest BCUT2D eigenvalue weighted by molar-refractivity contribution is 6.59. The number of aromatic nitrogens is 1. The van der Waals surface area contributed by atoms with Gasteiger partial charge in [-0.25, -0.2) is 4.98 Å². The number of benzene rings is 1. The summed E-state index contributed by atoms with van der Waals surface area (Å²) in [6.45, 7) is 2.11. The molecule has 0 spiro atoms. The number of methoxy groups -OCH3 is 1. The van der Waals surface area contributed by atoms with Crippen LogP contribution < -0.4 is 14.9 Å². The number of pyridine rings is 1. The van der Waals surface area contributed by atoms with Crippen molar-refractivity contribution in [3.63, 3.8) is 0 Å². The highest BCUT2D eigenvalue weighted by atomic mass is 16.5. The number of nitrogens with zero attached hydrogens (tertiary/aromatic N) is 1. The van der Waals surface area contributed by atoms with E-state index in [9.17, 15) is 0 Å². The van der Waals surface area contributed by atoms with E-state index in [1.54, 1.807) is 38.3 Å². The van der Waals surface area contributed by atoms with Crippen molar-refractivity contribution in [1.29, 1.82) is 0 Å². The van der Waals surface area contributed by atoms with E-state index in [0.717, 1.165) is 11.3 Å². The molecule has 0 amide bonds. The predicted octanol–water partition coefficient (Wildman–Crippen LogP) is 0.657. The van der Waals surface area contributed by atoms with E-state index in [2.05, 4.69) is 4.98 Å². The lowest BCUT2D eigenvalue weighted by Crippen LogP contribution is -2.31. The third-order valence-electron chi connectivity index (χ3n) is 2.90. The minimum atomic E-state index is -1.47. The maximum atomic E-state index is 9.15. The summed E-state index contributed by atoms with van der Waals surface area (Å²) in [5, 5.41) is 18.3. The Morgan fingerprint density at radius 1 is 1.20 bits per heavy atom. The Morgan fingerprint density at radius 2 is 2.00 bits per heavy atom. The van der Waals surface area contributed by atoms with Gasteiger partial charge in [0, 0.05) is 6.07 Å². The molecule has 0 saturated carbocycles. The van der Waals surface area contributed by atoms with Crippen molar-refractivity contribution >= 4 is 12.6 Å². The van der Waals surface area contributed by atoms with Crippen molar-refractivity contribution in [2.75, 3.05) is 7.11 Å². The molecule has 1 aromatic carbocycles. The molecule has 104 valence electrons. The molecule has 0 aliphatic rings. The summed E-state index contributed by atoms with van der Waals surface area (Å²) < 4.78 is 10.7. The molecular formula is C14H16BNO4. The van der Waals surface area contributed by atoms with Gasteiger partial charge in [-0.3, -0.25) is 0 Å². The lowest BCUT2D eigenvalue weighted by molar-refractivity contribution is 0.298. The van der Waals surface area contributed by atoms with Crippen molar-refractivity contribution < 1.29 is 19.5 Å². The molecule has 0 bridgehead atoms. The van der Waals surface area contributed by atoms with E-state index in [1.807, 2.05) is 12.1 Å². The summed E-state index contributed by atoms with van der Waals surface area (Å²) in [7, 11) is 0.0963. The second-order valence-corrected chi connectivity index (χ2v) is 4.35. The van der Waals surface area contributed by atoms with Crippen LogP contribution in [0, 0.1) is 6.92 Å². The molecule has 0 unspecified atom stereocenters. The van der Waals surface area contributed by atoms with Crippen molar-refractivity contribution in [1.82, 2.24) is 4.98 Å². The number of rotatable bonds is 5. The minimum Gasteiger partial charge on any atom is -0.487 e. The molecule has 5 nitrogen and oxygen atoms in total. The lowest BCUT2D eigenvalue weighted by Gasteiger charge is -2.10. The van der Waals surface area contributed by atoms with Crippen molar-refractivity contribution in [2.24, 2.45) is 0 Å². The topological polar surface area (TPSA) is 71.8 Å². The molecular weight excluding hydrogens is 257 g/mol. The fourth-order valence-corrected chi connectivity index (χ4v) is 1.84. The summed E-state index contributed by atoms with van der Waals surface area (Å²) in [6, 6.07) is 10.6. The molecule has 0 aliphatic heterocycles. The molecule has 0 radical (unpaired) electrons. The van der Waals surface area contributed by atoms with Crippen LogP contribution in [0.1, 0.15) is 11.3 Å². The largest absolute Gasteiger partial charge is 0.488 e. The maximum absolute atomic E-state index is 9.15. The van der Waals surface area contributed by atoms with Gasteiger partial charge in [-0.05, 0) is 36.1 Å². The van der Waals surface area contributed by atoms with Crippen LogP contribution in [0.4, 0.5) is 0 Å². The smallest absolute Gasteiger partial charge is 0.487 e. The van der Waals surface area contributed by atoms with E-state index in [0.29, 0.717) is 23.7 Å². The maximum Gasteiger partial charge on any atom is 0.488 e. The highest BCUT2D eigenvalue weighted by Crippen LogP contribution is 2.14. The Balaban J connectivity index is 2.05. The summed E-state index contributed by atoms with van der Waals surface area (Å²) in [5.74, 6) is 1.19. The molecule has 1 aromatic heterocycles. The monoisotopic (exact) mass is 273 g/mol. The number of hydrogen-bond acceptors (Lipinski definition) is 5. The van der Waals surface area contributed by atoms with Gasteiger partial charge in [-0.2, -0.15) is 0 Å². The third-order valence-corrected chi connectivity index (χ3v) is 2.90. The predicted molar refractivity (Wildman–Crippen MR) is 76.1 cm³/mol. The van der Waals surface area contributed by atoms with Crippen LogP contribution in [0.2, 0.25) is 0 Å². The summed E-state index contributed by atoms with van der Waals surface area (Å²) in [6.07, 6.45) is 0. The zero-order chi connectivity index (χ0) is 14.5. The fraction of sp³-hybridized carbons (Fsp3) is 0.214. The Morgan fingerprint density at radius 3 is 2.65 bits per heavy atom. The Hall–Kier alpha value is -2.05. The molecule has 2 N–H and O–H groups in total. The van der Waals surface area contributed by atoms with Gasteiger partial charge in [0.05, 0.1) is 12.8 Å². The molecule has 2 rings (SSSR count). The van der Waals surface area contributed by atoms with Crippen LogP contribution in [0.5, 0.6) is 11.6 Å². The van der Waals surface area contributed by atoms with Crippen molar-refractivity contribution in [2.45, 2.75) is 13.5 Å². The molecule has 0 fully saturated rings. The molecule has 2 aromatic rings. The average Bonchev–Trinajstić information content (AvgIpc) is 2.45. The van der Waals surface area contributed by atoms with Crippen LogP contribution in [-0.4, -0.2) is 29.3 Å². The Labute approximate surface area is 118 Å². The average molecular weight is 273 g/mol. The van der Waals surface area contributed by atoms with Crippen LogP contribution in [-0.2, 0) is 6.61 Å². The normalized spacial score (nSPS) is 10.2. The van der Waals surface area contributed by atoms with Gasteiger partial charge >= 0.3 is 7.12 Å². The zero-order valence-electron chi connectivity index (χ0n) is 11.4. The Kier molecular flexibility index (Phi) is 4.60. The molecule has 1 heterocycles. The van der Waals surface area contributed by atoms with E-state index < -0.39 is 7.12 Å². The molecule has 0 aliphatic carbocycles. The SMILES string of the molecule is COc1cccc(COc2ccc(B(O)O)c(C)c2)n1. The first-order valence-electron chi connectivity index (χ1n) is 6.19. The molecule has 20 heavy (non-hydrogen) atoms. The zero-order valence-corrected chi connectivity index (χ0v) is 11.4. The van der Waals surface area contributed by atoms with Crippen LogP contribution >= 0.6 is 0 Å². The van der Waals surface area contributed by atoms with Gasteiger partial charge in [-0.15, -0.1) is 0 Å². The number of hydrogen-bond donors (Lipinski definition) is 2. The van der Waals surface area contributed by atoms with Gasteiger partial charge in [0.25, 0.3) is 0 Å².